The summed E-state index contributed by atoms with van der Waals surface area (Å²) >= 11 is 0. The van der Waals surface area contributed by atoms with E-state index in [0.29, 0.717) is 13.2 Å². The van der Waals surface area contributed by atoms with Gasteiger partial charge in [0.2, 0.25) is 0 Å². The summed E-state index contributed by atoms with van der Waals surface area (Å²) in [5.74, 6) is -0.655. The lowest BCUT2D eigenvalue weighted by Crippen LogP contribution is -2.44. The van der Waals surface area contributed by atoms with Gasteiger partial charge in [-0.05, 0) is 37.0 Å². The zero-order chi connectivity index (χ0) is 21.0. The zero-order valence-corrected chi connectivity index (χ0v) is 22.1. The molecule has 0 unspecified atom stereocenters. The zero-order valence-electron chi connectivity index (χ0n) is 19.2. The van der Waals surface area contributed by atoms with Gasteiger partial charge in [0.1, 0.15) is 0 Å². The van der Waals surface area contributed by atoms with Crippen LogP contribution in [0.4, 0.5) is 0 Å². The monoisotopic (exact) mass is 422 g/mol. The molecule has 0 aromatic rings. The van der Waals surface area contributed by atoms with Crippen molar-refractivity contribution in [3.63, 3.8) is 0 Å². The van der Waals surface area contributed by atoms with Crippen molar-refractivity contribution in [1.29, 1.82) is 0 Å². The summed E-state index contributed by atoms with van der Waals surface area (Å²) in [6.07, 6.45) is 1.98. The first kappa shape index (κ1) is 26.3. The van der Waals surface area contributed by atoms with E-state index in [1.54, 1.807) is 0 Å². The van der Waals surface area contributed by atoms with E-state index in [9.17, 15) is 4.57 Å². The molecule has 0 aromatic carbocycles. The smallest absolute Gasteiger partial charge is 0.361 e. The summed E-state index contributed by atoms with van der Waals surface area (Å²) < 4.78 is 31.3. The van der Waals surface area contributed by atoms with Gasteiger partial charge in [-0.25, -0.2) is 0 Å². The summed E-state index contributed by atoms with van der Waals surface area (Å²) in [5.41, 5.74) is 2.25. The molecule has 0 saturated carbocycles. The Morgan fingerprint density at radius 2 is 1.31 bits per heavy atom. The first-order chi connectivity index (χ1) is 11.4. The van der Waals surface area contributed by atoms with Gasteiger partial charge in [0, 0.05) is 0 Å². The maximum Gasteiger partial charge on any atom is 0.361 e. The molecule has 0 rings (SSSR count). The molecular weight excluding hydrogens is 379 g/mol. The van der Waals surface area contributed by atoms with Crippen molar-refractivity contribution in [3.05, 3.63) is 11.8 Å². The van der Waals surface area contributed by atoms with Crippen molar-refractivity contribution in [2.75, 3.05) is 13.2 Å². The Bertz CT molecular complexity index is 507. The van der Waals surface area contributed by atoms with Crippen LogP contribution in [0, 0.1) is 0 Å². The van der Waals surface area contributed by atoms with Crippen molar-refractivity contribution in [2.24, 2.45) is 0 Å². The van der Waals surface area contributed by atoms with Gasteiger partial charge in [-0.15, -0.1) is 0 Å². The molecule has 0 N–H and O–H groups in total. The molecule has 0 fully saturated rings. The predicted molar refractivity (Wildman–Crippen MR) is 119 cm³/mol. The van der Waals surface area contributed by atoms with Crippen LogP contribution in [-0.4, -0.2) is 35.5 Å². The summed E-state index contributed by atoms with van der Waals surface area (Å²) in [5, 5.41) is 0.214. The minimum atomic E-state index is -3.39. The average Bonchev–Trinajstić information content (AvgIpc) is 2.41. The van der Waals surface area contributed by atoms with E-state index >= 15 is 0 Å². The summed E-state index contributed by atoms with van der Waals surface area (Å²) in [4.78, 5) is 0. The third-order valence-electron chi connectivity index (χ3n) is 5.76. The molecule has 7 heteroatoms. The molecule has 1 atom stereocenters. The van der Waals surface area contributed by atoms with Crippen molar-refractivity contribution >= 4 is 24.0 Å². The lowest BCUT2D eigenvalue weighted by Gasteiger charge is -2.40. The van der Waals surface area contributed by atoms with E-state index in [0.717, 1.165) is 0 Å². The van der Waals surface area contributed by atoms with Crippen LogP contribution < -0.4 is 0 Å². The SMILES string of the molecule is CCOP(=O)(OCC)[C@@H](/C=C/[Si](C)(C)C(C)(C)C)O[Si](C)(C)C(C)(C)C. The number of rotatable bonds is 9. The van der Waals surface area contributed by atoms with Gasteiger partial charge in [0.15, 0.2) is 14.2 Å². The molecule has 26 heavy (non-hydrogen) atoms. The van der Waals surface area contributed by atoms with E-state index in [-0.39, 0.29) is 10.1 Å². The molecule has 0 aliphatic rings. The van der Waals surface area contributed by atoms with E-state index in [1.165, 1.54) is 0 Å². The minimum absolute atomic E-state index is 0.0132. The third-order valence-corrected chi connectivity index (χ3v) is 17.4. The highest BCUT2D eigenvalue weighted by atomic mass is 31.2. The first-order valence-electron chi connectivity index (χ1n) is 9.69. The molecule has 0 spiro atoms. The van der Waals surface area contributed by atoms with Gasteiger partial charge >= 0.3 is 7.60 Å². The van der Waals surface area contributed by atoms with Crippen LogP contribution in [0.1, 0.15) is 55.4 Å². The van der Waals surface area contributed by atoms with Crippen LogP contribution >= 0.6 is 7.60 Å². The molecule has 0 amide bonds. The molecule has 0 radical (unpaired) electrons. The third kappa shape index (κ3) is 7.03. The highest BCUT2D eigenvalue weighted by Gasteiger charge is 2.45. The van der Waals surface area contributed by atoms with Crippen LogP contribution in [0.25, 0.3) is 0 Å². The largest absolute Gasteiger partial charge is 0.400 e. The first-order valence-corrected chi connectivity index (χ1v) is 17.3. The van der Waals surface area contributed by atoms with Gasteiger partial charge in [-0.1, -0.05) is 66.4 Å². The number of hydrogen-bond acceptors (Lipinski definition) is 4. The molecule has 156 valence electrons. The van der Waals surface area contributed by atoms with Gasteiger partial charge in [0.05, 0.1) is 21.3 Å². The molecule has 0 saturated heterocycles. The topological polar surface area (TPSA) is 44.8 Å². The van der Waals surface area contributed by atoms with Gasteiger partial charge in [-0.3, -0.25) is 4.57 Å². The maximum atomic E-state index is 13.5. The lowest BCUT2D eigenvalue weighted by molar-refractivity contribution is 0.171. The fourth-order valence-corrected chi connectivity index (χ4v) is 6.85. The summed E-state index contributed by atoms with van der Waals surface area (Å²) in [6, 6.07) is 0. The van der Waals surface area contributed by atoms with Crippen LogP contribution in [0.2, 0.25) is 36.3 Å². The van der Waals surface area contributed by atoms with Crippen LogP contribution in [0.3, 0.4) is 0 Å². The fraction of sp³-hybridized carbons (Fsp3) is 0.895. The summed E-state index contributed by atoms with van der Waals surface area (Å²) in [7, 11) is -7.22. The van der Waals surface area contributed by atoms with E-state index in [1.807, 2.05) is 19.9 Å². The molecule has 0 aliphatic carbocycles. The van der Waals surface area contributed by atoms with E-state index < -0.39 is 29.8 Å². The highest BCUT2D eigenvalue weighted by Crippen LogP contribution is 2.56. The standard InChI is InChI=1S/C19H43O4PSi2/c1-13-21-24(20,22-14-2)17(23-26(11,12)19(6,7)8)15-16-25(9,10)18(3,4)5/h15-17H,13-14H2,1-12H3/b16-15+/t17-/m0/s1. The normalized spacial score (nSPS) is 16.3. The molecule has 0 heterocycles. The van der Waals surface area contributed by atoms with Crippen molar-refractivity contribution in [1.82, 2.24) is 0 Å². The minimum Gasteiger partial charge on any atom is -0.400 e. The maximum absolute atomic E-state index is 13.5. The van der Waals surface area contributed by atoms with Crippen LogP contribution in [0.15, 0.2) is 11.8 Å². The van der Waals surface area contributed by atoms with Gasteiger partial charge in [-0.2, -0.15) is 0 Å². The Hall–Kier alpha value is 0.284. The molecule has 0 aliphatic heterocycles. The van der Waals surface area contributed by atoms with Crippen LogP contribution in [-0.2, 0) is 18.0 Å². The molecular formula is C19H43O4PSi2. The van der Waals surface area contributed by atoms with Gasteiger partial charge in [0.25, 0.3) is 0 Å². The van der Waals surface area contributed by atoms with Gasteiger partial charge < -0.3 is 13.5 Å². The fourth-order valence-electron chi connectivity index (χ4n) is 1.80. The quantitative estimate of drug-likeness (QED) is 0.291. The summed E-state index contributed by atoms with van der Waals surface area (Å²) in [6.45, 7) is 26.7. The Morgan fingerprint density at radius 1 is 0.885 bits per heavy atom. The Kier molecular flexibility index (Phi) is 9.29. The second-order valence-electron chi connectivity index (χ2n) is 9.97. The second kappa shape index (κ2) is 9.19. The number of hydrogen-bond donors (Lipinski definition) is 0. The Labute approximate surface area is 164 Å². The van der Waals surface area contributed by atoms with Crippen molar-refractivity contribution in [2.45, 2.75) is 97.5 Å². The second-order valence-corrected chi connectivity index (χ2v) is 22.1. The predicted octanol–water partition coefficient (Wildman–Crippen LogP) is 7.20. The average molecular weight is 423 g/mol. The highest BCUT2D eigenvalue weighted by molar-refractivity contribution is 7.54. The molecule has 0 bridgehead atoms. The molecule has 0 aromatic heterocycles. The van der Waals surface area contributed by atoms with Crippen LogP contribution in [0.5, 0.6) is 0 Å². The lowest BCUT2D eigenvalue weighted by atomic mass is 10.2. The van der Waals surface area contributed by atoms with Crippen molar-refractivity contribution in [3.8, 4) is 0 Å². The van der Waals surface area contributed by atoms with E-state index in [4.69, 9.17) is 13.5 Å². The molecule has 4 nitrogen and oxygen atoms in total. The van der Waals surface area contributed by atoms with Crippen molar-refractivity contribution < 1.29 is 18.0 Å². The Balaban J connectivity index is 6.01. The Morgan fingerprint density at radius 3 is 1.62 bits per heavy atom. The van der Waals surface area contributed by atoms with E-state index in [2.05, 4.69) is 73.4 Å².